The molecule has 2 atom stereocenters. The fraction of sp³-hybridized carbons (Fsp3) is 0.364. The minimum absolute atomic E-state index is 0.00183. The first-order valence-corrected chi connectivity index (χ1v) is 10.2. The Bertz CT molecular complexity index is 1030. The summed E-state index contributed by atoms with van der Waals surface area (Å²) in [7, 11) is 0. The van der Waals surface area contributed by atoms with Crippen molar-refractivity contribution in [3.05, 3.63) is 53.7 Å². The molecule has 33 heavy (non-hydrogen) atoms. The fourth-order valence-corrected chi connectivity index (χ4v) is 3.52. The van der Waals surface area contributed by atoms with Crippen LogP contribution >= 0.6 is 0 Å². The standard InChI is InChI=1S/C22H23F3N4O4/c1-13(20(31)28-16-8-6-14(7-9-16)18(26)30)33-21(32)15-4-3-11-29(12-15)19-17(22(23,24)25)5-2-10-27-19/h2,5-10,13,15H,3-4,11-12H2,1H3,(H2,26,30)(H,28,31). The number of hydrogen-bond donors (Lipinski definition) is 2. The van der Waals surface area contributed by atoms with E-state index in [0.29, 0.717) is 25.1 Å². The molecule has 2 aromatic rings. The van der Waals surface area contributed by atoms with Crippen LogP contribution in [0.1, 0.15) is 35.7 Å². The number of carbonyl (C=O) groups excluding carboxylic acids is 3. The van der Waals surface area contributed by atoms with Gasteiger partial charge in [0.15, 0.2) is 6.10 Å². The summed E-state index contributed by atoms with van der Waals surface area (Å²) in [5.74, 6) is -2.80. The van der Waals surface area contributed by atoms with Crippen LogP contribution in [0.25, 0.3) is 0 Å². The Morgan fingerprint density at radius 3 is 2.55 bits per heavy atom. The van der Waals surface area contributed by atoms with Crippen molar-refractivity contribution in [1.82, 2.24) is 4.98 Å². The number of ether oxygens (including phenoxy) is 1. The SMILES string of the molecule is CC(OC(=O)C1CCCN(c2ncccc2C(F)(F)F)C1)C(=O)Nc1ccc(C(N)=O)cc1. The first kappa shape index (κ1) is 24.0. The molecule has 1 aliphatic rings. The lowest BCUT2D eigenvalue weighted by atomic mass is 9.97. The molecule has 1 aromatic carbocycles. The predicted molar refractivity (Wildman–Crippen MR) is 113 cm³/mol. The summed E-state index contributed by atoms with van der Waals surface area (Å²) >= 11 is 0. The first-order valence-electron chi connectivity index (χ1n) is 10.2. The van der Waals surface area contributed by atoms with E-state index in [0.717, 1.165) is 6.07 Å². The number of nitrogens with two attached hydrogens (primary N) is 1. The van der Waals surface area contributed by atoms with Crippen LogP contribution in [0.4, 0.5) is 24.7 Å². The largest absolute Gasteiger partial charge is 0.452 e. The molecule has 1 fully saturated rings. The number of nitrogens with one attached hydrogen (secondary N) is 1. The number of rotatable bonds is 6. The zero-order valence-corrected chi connectivity index (χ0v) is 17.8. The van der Waals surface area contributed by atoms with Crippen molar-refractivity contribution in [3.63, 3.8) is 0 Å². The molecule has 1 saturated heterocycles. The Hall–Kier alpha value is -3.63. The number of alkyl halides is 3. The molecular formula is C22H23F3N4O4. The maximum absolute atomic E-state index is 13.3. The second-order valence-electron chi connectivity index (χ2n) is 7.67. The van der Waals surface area contributed by atoms with Crippen molar-refractivity contribution in [2.45, 2.75) is 32.0 Å². The molecule has 2 amide bonds. The van der Waals surface area contributed by atoms with Gasteiger partial charge in [0, 0.05) is 30.5 Å². The Balaban J connectivity index is 1.61. The van der Waals surface area contributed by atoms with Crippen LogP contribution in [0.15, 0.2) is 42.6 Å². The number of primary amides is 1. The first-order chi connectivity index (χ1) is 15.6. The second-order valence-corrected chi connectivity index (χ2v) is 7.67. The maximum atomic E-state index is 13.3. The fourth-order valence-electron chi connectivity index (χ4n) is 3.52. The van der Waals surface area contributed by atoms with E-state index in [9.17, 15) is 27.6 Å². The van der Waals surface area contributed by atoms with E-state index in [1.807, 2.05) is 0 Å². The molecule has 0 radical (unpaired) electrons. The Kier molecular flexibility index (Phi) is 7.19. The molecule has 2 heterocycles. The van der Waals surface area contributed by atoms with E-state index in [-0.39, 0.29) is 17.9 Å². The lowest BCUT2D eigenvalue weighted by Gasteiger charge is -2.34. The van der Waals surface area contributed by atoms with Crippen LogP contribution in [0.3, 0.4) is 0 Å². The molecular weight excluding hydrogens is 441 g/mol. The predicted octanol–water partition coefficient (Wildman–Crippen LogP) is 2.99. The highest BCUT2D eigenvalue weighted by Gasteiger charge is 2.38. The van der Waals surface area contributed by atoms with Crippen LogP contribution in [-0.2, 0) is 20.5 Å². The number of pyridine rings is 1. The smallest absolute Gasteiger partial charge is 0.419 e. The number of benzene rings is 1. The maximum Gasteiger partial charge on any atom is 0.419 e. The van der Waals surface area contributed by atoms with E-state index >= 15 is 0 Å². The van der Waals surface area contributed by atoms with Crippen LogP contribution in [0, 0.1) is 5.92 Å². The quantitative estimate of drug-likeness (QED) is 0.636. The van der Waals surface area contributed by atoms with Crippen molar-refractivity contribution in [1.29, 1.82) is 0 Å². The lowest BCUT2D eigenvalue weighted by Crippen LogP contribution is -2.42. The van der Waals surface area contributed by atoms with Crippen molar-refractivity contribution >= 4 is 29.3 Å². The van der Waals surface area contributed by atoms with Crippen molar-refractivity contribution < 1.29 is 32.3 Å². The number of carbonyl (C=O) groups is 3. The molecule has 11 heteroatoms. The highest BCUT2D eigenvalue weighted by atomic mass is 19.4. The average molecular weight is 464 g/mol. The van der Waals surface area contributed by atoms with E-state index in [1.165, 1.54) is 48.4 Å². The van der Waals surface area contributed by atoms with Gasteiger partial charge in [-0.2, -0.15) is 13.2 Å². The zero-order valence-electron chi connectivity index (χ0n) is 17.8. The summed E-state index contributed by atoms with van der Waals surface area (Å²) in [5.41, 5.74) is 4.96. The topological polar surface area (TPSA) is 115 Å². The van der Waals surface area contributed by atoms with Gasteiger partial charge >= 0.3 is 12.1 Å². The van der Waals surface area contributed by atoms with Crippen molar-refractivity contribution in [2.24, 2.45) is 11.7 Å². The van der Waals surface area contributed by atoms with Gasteiger partial charge in [-0.3, -0.25) is 14.4 Å². The van der Waals surface area contributed by atoms with Crippen LogP contribution in [-0.4, -0.2) is 42.0 Å². The molecule has 0 bridgehead atoms. The third kappa shape index (κ3) is 5.99. The van der Waals surface area contributed by atoms with E-state index in [1.54, 1.807) is 0 Å². The molecule has 2 unspecified atom stereocenters. The van der Waals surface area contributed by atoms with Gasteiger partial charge in [0.1, 0.15) is 5.82 Å². The summed E-state index contributed by atoms with van der Waals surface area (Å²) in [6.07, 6.45) is -3.54. The molecule has 0 spiro atoms. The monoisotopic (exact) mass is 464 g/mol. The number of amides is 2. The zero-order chi connectivity index (χ0) is 24.2. The Morgan fingerprint density at radius 1 is 1.21 bits per heavy atom. The molecule has 1 aliphatic heterocycles. The van der Waals surface area contributed by atoms with E-state index in [4.69, 9.17) is 10.5 Å². The van der Waals surface area contributed by atoms with Gasteiger partial charge in [0.05, 0.1) is 11.5 Å². The third-order valence-corrected chi connectivity index (χ3v) is 5.25. The second kappa shape index (κ2) is 9.88. The van der Waals surface area contributed by atoms with E-state index in [2.05, 4.69) is 10.3 Å². The van der Waals surface area contributed by atoms with Crippen molar-refractivity contribution in [3.8, 4) is 0 Å². The van der Waals surface area contributed by atoms with E-state index < -0.39 is 41.5 Å². The number of halogens is 3. The van der Waals surface area contributed by atoms with Gasteiger partial charge in [0.2, 0.25) is 5.91 Å². The molecule has 1 aromatic heterocycles. The van der Waals surface area contributed by atoms with Gasteiger partial charge in [-0.15, -0.1) is 0 Å². The van der Waals surface area contributed by atoms with Gasteiger partial charge in [-0.25, -0.2) is 4.98 Å². The number of esters is 1. The summed E-state index contributed by atoms with van der Waals surface area (Å²) in [6.45, 7) is 1.72. The number of piperidine rings is 1. The number of nitrogens with zero attached hydrogens (tertiary/aromatic N) is 2. The van der Waals surface area contributed by atoms with Crippen molar-refractivity contribution in [2.75, 3.05) is 23.3 Å². The van der Waals surface area contributed by atoms with Crippen LogP contribution in [0.5, 0.6) is 0 Å². The van der Waals surface area contributed by atoms with Gasteiger partial charge in [0.25, 0.3) is 5.91 Å². The number of aromatic nitrogens is 1. The highest BCUT2D eigenvalue weighted by molar-refractivity contribution is 5.96. The highest BCUT2D eigenvalue weighted by Crippen LogP contribution is 2.36. The minimum Gasteiger partial charge on any atom is -0.452 e. The molecule has 0 saturated carbocycles. The Morgan fingerprint density at radius 2 is 1.91 bits per heavy atom. The van der Waals surface area contributed by atoms with Crippen LogP contribution in [0.2, 0.25) is 0 Å². The molecule has 8 nitrogen and oxygen atoms in total. The third-order valence-electron chi connectivity index (χ3n) is 5.25. The minimum atomic E-state index is -4.57. The summed E-state index contributed by atoms with van der Waals surface area (Å²) in [5, 5.41) is 2.56. The van der Waals surface area contributed by atoms with Gasteiger partial charge < -0.3 is 20.7 Å². The Labute approximate surface area is 187 Å². The number of hydrogen-bond acceptors (Lipinski definition) is 6. The summed E-state index contributed by atoms with van der Waals surface area (Å²) in [6, 6.07) is 8.01. The molecule has 176 valence electrons. The number of anilines is 2. The molecule has 3 N–H and O–H groups in total. The van der Waals surface area contributed by atoms with Gasteiger partial charge in [-0.05, 0) is 56.2 Å². The normalized spacial score (nSPS) is 17.2. The van der Waals surface area contributed by atoms with Crippen LogP contribution < -0.4 is 16.0 Å². The lowest BCUT2D eigenvalue weighted by molar-refractivity contribution is -0.157. The summed E-state index contributed by atoms with van der Waals surface area (Å²) < 4.78 is 45.3. The van der Waals surface area contributed by atoms with Gasteiger partial charge in [-0.1, -0.05) is 0 Å². The molecule has 0 aliphatic carbocycles. The summed E-state index contributed by atoms with van der Waals surface area (Å²) in [4.78, 5) is 41.4. The molecule has 3 rings (SSSR count). The average Bonchev–Trinajstić information content (AvgIpc) is 2.79.